The summed E-state index contributed by atoms with van der Waals surface area (Å²) in [5, 5.41) is 9.69. The molecule has 1 atom stereocenters. The van der Waals surface area contributed by atoms with Gasteiger partial charge in [0, 0.05) is 6.42 Å². The highest BCUT2D eigenvalue weighted by Gasteiger charge is 2.03. The largest absolute Gasteiger partial charge is 0.393 e. The van der Waals surface area contributed by atoms with E-state index in [4.69, 9.17) is 6.42 Å². The quantitative estimate of drug-likeness (QED) is 0.548. The molecule has 0 aliphatic heterocycles. The lowest BCUT2D eigenvalue weighted by Gasteiger charge is -2.09. The van der Waals surface area contributed by atoms with E-state index < -0.39 is 0 Å². The molecule has 1 aromatic rings. The number of hydrogen-bond donors (Lipinski definition) is 1. The number of rotatable bonds is 7. The second-order valence-electron chi connectivity index (χ2n) is 4.13. The third-order valence-electron chi connectivity index (χ3n) is 2.70. The van der Waals surface area contributed by atoms with Gasteiger partial charge >= 0.3 is 0 Å². The second-order valence-corrected chi connectivity index (χ2v) is 4.13. The molecule has 86 valence electrons. The van der Waals surface area contributed by atoms with Gasteiger partial charge in [-0.15, -0.1) is 12.3 Å². The van der Waals surface area contributed by atoms with Gasteiger partial charge in [-0.3, -0.25) is 0 Å². The van der Waals surface area contributed by atoms with Crippen LogP contribution in [0, 0.1) is 12.3 Å². The first kappa shape index (κ1) is 12.8. The molecule has 0 amide bonds. The van der Waals surface area contributed by atoms with Crippen molar-refractivity contribution in [2.75, 3.05) is 0 Å². The fourth-order valence-electron chi connectivity index (χ4n) is 1.77. The Hall–Kier alpha value is -1.26. The van der Waals surface area contributed by atoms with Crippen LogP contribution in [0.15, 0.2) is 30.3 Å². The van der Waals surface area contributed by atoms with Crippen molar-refractivity contribution in [3.05, 3.63) is 35.9 Å². The van der Waals surface area contributed by atoms with Gasteiger partial charge in [0.15, 0.2) is 0 Å². The molecule has 0 aliphatic carbocycles. The first-order valence-electron chi connectivity index (χ1n) is 5.98. The van der Waals surface area contributed by atoms with E-state index in [2.05, 4.69) is 30.2 Å². The van der Waals surface area contributed by atoms with Crippen molar-refractivity contribution in [1.82, 2.24) is 0 Å². The fourth-order valence-corrected chi connectivity index (χ4v) is 1.77. The van der Waals surface area contributed by atoms with Crippen LogP contribution in [0.3, 0.4) is 0 Å². The Kier molecular flexibility index (Phi) is 6.37. The molecular formula is C15H20O. The van der Waals surface area contributed by atoms with Crippen LogP contribution in [0.25, 0.3) is 0 Å². The van der Waals surface area contributed by atoms with Crippen LogP contribution in [0.1, 0.15) is 37.7 Å². The van der Waals surface area contributed by atoms with Crippen LogP contribution >= 0.6 is 0 Å². The maximum Gasteiger partial charge on any atom is 0.0540 e. The van der Waals surface area contributed by atoms with E-state index in [0.29, 0.717) is 0 Å². The van der Waals surface area contributed by atoms with Gasteiger partial charge in [-0.25, -0.2) is 0 Å². The summed E-state index contributed by atoms with van der Waals surface area (Å²) in [4.78, 5) is 0. The molecule has 0 aliphatic rings. The van der Waals surface area contributed by atoms with Crippen LogP contribution in [0.2, 0.25) is 0 Å². The Bertz CT molecular complexity index is 310. The van der Waals surface area contributed by atoms with Crippen LogP contribution in [-0.2, 0) is 6.42 Å². The number of aliphatic hydroxyl groups is 1. The van der Waals surface area contributed by atoms with Gasteiger partial charge in [-0.1, -0.05) is 30.3 Å². The predicted octanol–water partition coefficient (Wildman–Crippen LogP) is 3.17. The van der Waals surface area contributed by atoms with E-state index in [1.54, 1.807) is 0 Å². The van der Waals surface area contributed by atoms with Gasteiger partial charge in [0.1, 0.15) is 0 Å². The van der Waals surface area contributed by atoms with Crippen LogP contribution < -0.4 is 0 Å². The zero-order valence-corrected chi connectivity index (χ0v) is 9.73. The summed E-state index contributed by atoms with van der Waals surface area (Å²) in [6, 6.07) is 10.4. The SMILES string of the molecule is C#CCCCC(O)CCCc1ccccc1. The zero-order chi connectivity index (χ0) is 11.6. The minimum atomic E-state index is -0.183. The molecule has 0 heterocycles. The van der Waals surface area contributed by atoms with Gasteiger partial charge in [-0.2, -0.15) is 0 Å². The smallest absolute Gasteiger partial charge is 0.0540 e. The summed E-state index contributed by atoms with van der Waals surface area (Å²) in [7, 11) is 0. The molecule has 0 saturated heterocycles. The average molecular weight is 216 g/mol. The van der Waals surface area contributed by atoms with Gasteiger partial charge < -0.3 is 5.11 Å². The molecule has 0 radical (unpaired) electrons. The molecule has 0 spiro atoms. The highest BCUT2D eigenvalue weighted by molar-refractivity contribution is 5.14. The number of hydrogen-bond acceptors (Lipinski definition) is 1. The third-order valence-corrected chi connectivity index (χ3v) is 2.70. The summed E-state index contributed by atoms with van der Waals surface area (Å²) < 4.78 is 0. The van der Waals surface area contributed by atoms with Gasteiger partial charge in [0.05, 0.1) is 6.10 Å². The number of aliphatic hydroxyl groups excluding tert-OH is 1. The second kappa shape index (κ2) is 7.96. The van der Waals surface area contributed by atoms with Crippen molar-refractivity contribution in [1.29, 1.82) is 0 Å². The van der Waals surface area contributed by atoms with E-state index in [-0.39, 0.29) is 6.10 Å². The first-order valence-corrected chi connectivity index (χ1v) is 5.98. The summed E-state index contributed by atoms with van der Waals surface area (Å²) in [6.45, 7) is 0. The topological polar surface area (TPSA) is 20.2 Å². The Balaban J connectivity index is 2.09. The fraction of sp³-hybridized carbons (Fsp3) is 0.467. The highest BCUT2D eigenvalue weighted by atomic mass is 16.3. The number of aryl methyl sites for hydroxylation is 1. The summed E-state index contributed by atoms with van der Waals surface area (Å²) >= 11 is 0. The third kappa shape index (κ3) is 5.58. The molecule has 1 aromatic carbocycles. The Morgan fingerprint density at radius 2 is 1.81 bits per heavy atom. The van der Waals surface area contributed by atoms with Crippen molar-refractivity contribution in [2.24, 2.45) is 0 Å². The van der Waals surface area contributed by atoms with E-state index in [9.17, 15) is 5.11 Å². The van der Waals surface area contributed by atoms with E-state index in [1.807, 2.05) is 6.07 Å². The average Bonchev–Trinajstić information content (AvgIpc) is 2.31. The lowest BCUT2D eigenvalue weighted by molar-refractivity contribution is 0.150. The van der Waals surface area contributed by atoms with Crippen LogP contribution in [0.4, 0.5) is 0 Å². The van der Waals surface area contributed by atoms with Gasteiger partial charge in [0.2, 0.25) is 0 Å². The minimum Gasteiger partial charge on any atom is -0.393 e. The van der Waals surface area contributed by atoms with Crippen molar-refractivity contribution in [3.63, 3.8) is 0 Å². The van der Waals surface area contributed by atoms with Crippen molar-refractivity contribution < 1.29 is 5.11 Å². The standard InChI is InChI=1S/C15H20O/c1-2-3-5-12-15(16)13-8-11-14-9-6-4-7-10-14/h1,4,6-7,9-10,15-16H,3,5,8,11-13H2. The molecule has 0 fully saturated rings. The molecule has 1 nitrogen and oxygen atoms in total. The Morgan fingerprint density at radius 3 is 2.50 bits per heavy atom. The monoisotopic (exact) mass is 216 g/mol. The lowest BCUT2D eigenvalue weighted by Crippen LogP contribution is -2.06. The van der Waals surface area contributed by atoms with Crippen molar-refractivity contribution >= 4 is 0 Å². The minimum absolute atomic E-state index is 0.183. The molecule has 0 bridgehead atoms. The summed E-state index contributed by atoms with van der Waals surface area (Å²) in [6.07, 6.45) is 10.5. The first-order chi connectivity index (χ1) is 7.83. The molecule has 1 rings (SSSR count). The number of benzene rings is 1. The van der Waals surface area contributed by atoms with E-state index >= 15 is 0 Å². The van der Waals surface area contributed by atoms with E-state index in [0.717, 1.165) is 38.5 Å². The maximum atomic E-state index is 9.69. The Morgan fingerprint density at radius 1 is 1.12 bits per heavy atom. The molecule has 16 heavy (non-hydrogen) atoms. The lowest BCUT2D eigenvalue weighted by atomic mass is 10.0. The molecule has 1 N–H and O–H groups in total. The van der Waals surface area contributed by atoms with Gasteiger partial charge in [0.25, 0.3) is 0 Å². The summed E-state index contributed by atoms with van der Waals surface area (Å²) in [5.41, 5.74) is 1.35. The summed E-state index contributed by atoms with van der Waals surface area (Å²) in [5.74, 6) is 2.59. The normalized spacial score (nSPS) is 12.0. The molecule has 1 unspecified atom stereocenters. The van der Waals surface area contributed by atoms with E-state index in [1.165, 1.54) is 5.56 Å². The molecule has 0 saturated carbocycles. The number of unbranched alkanes of at least 4 members (excludes halogenated alkanes) is 1. The zero-order valence-electron chi connectivity index (χ0n) is 9.73. The van der Waals surface area contributed by atoms with Gasteiger partial charge in [-0.05, 0) is 37.7 Å². The number of terminal acetylenes is 1. The predicted molar refractivity (Wildman–Crippen MR) is 68.1 cm³/mol. The molecular weight excluding hydrogens is 196 g/mol. The molecule has 0 aromatic heterocycles. The Labute approximate surface area is 98.5 Å². The maximum absolute atomic E-state index is 9.69. The van der Waals surface area contributed by atoms with Crippen molar-refractivity contribution in [3.8, 4) is 12.3 Å². The van der Waals surface area contributed by atoms with Crippen LogP contribution in [0.5, 0.6) is 0 Å². The van der Waals surface area contributed by atoms with Crippen LogP contribution in [-0.4, -0.2) is 11.2 Å². The van der Waals surface area contributed by atoms with Crippen molar-refractivity contribution in [2.45, 2.75) is 44.6 Å². The molecule has 1 heteroatoms. The highest BCUT2D eigenvalue weighted by Crippen LogP contribution is 2.10.